The summed E-state index contributed by atoms with van der Waals surface area (Å²) in [6, 6.07) is 1.62. The van der Waals surface area contributed by atoms with Crippen molar-refractivity contribution in [1.82, 2.24) is 20.0 Å². The SMILES string of the molecule is Cc1cc(=O)c(COC(=O)c2ccn(C3CC3(F)F)n2)n[nH]1. The van der Waals surface area contributed by atoms with E-state index in [9.17, 15) is 18.4 Å². The van der Waals surface area contributed by atoms with Gasteiger partial charge in [0.1, 0.15) is 18.3 Å². The number of rotatable bonds is 4. The first-order valence-electron chi connectivity index (χ1n) is 6.52. The molecule has 0 radical (unpaired) electrons. The van der Waals surface area contributed by atoms with Crippen LogP contribution in [-0.2, 0) is 11.3 Å². The minimum atomic E-state index is -2.77. The molecule has 1 atom stereocenters. The summed E-state index contributed by atoms with van der Waals surface area (Å²) in [6.07, 6.45) is 1.02. The maximum absolute atomic E-state index is 12.9. The molecule has 0 spiro atoms. The number of carbonyl (C=O) groups is 1. The van der Waals surface area contributed by atoms with Crippen LogP contribution in [0.4, 0.5) is 8.78 Å². The second kappa shape index (κ2) is 5.00. The number of esters is 1. The van der Waals surface area contributed by atoms with Gasteiger partial charge >= 0.3 is 5.97 Å². The Labute approximate surface area is 122 Å². The van der Waals surface area contributed by atoms with Crippen LogP contribution < -0.4 is 5.43 Å². The van der Waals surface area contributed by atoms with Crippen LogP contribution in [0, 0.1) is 6.92 Å². The monoisotopic (exact) mass is 310 g/mol. The molecule has 2 aromatic heterocycles. The molecule has 116 valence electrons. The van der Waals surface area contributed by atoms with Crippen molar-refractivity contribution in [2.75, 3.05) is 0 Å². The van der Waals surface area contributed by atoms with Gasteiger partial charge in [0.25, 0.3) is 5.92 Å². The van der Waals surface area contributed by atoms with Crippen LogP contribution in [0.1, 0.15) is 34.3 Å². The highest BCUT2D eigenvalue weighted by Gasteiger charge is 2.59. The fourth-order valence-corrected chi connectivity index (χ4v) is 1.94. The van der Waals surface area contributed by atoms with Crippen molar-refractivity contribution in [3.05, 3.63) is 45.6 Å². The smallest absolute Gasteiger partial charge is 0.359 e. The van der Waals surface area contributed by atoms with Crippen molar-refractivity contribution in [2.24, 2.45) is 0 Å². The third-order valence-electron chi connectivity index (χ3n) is 3.27. The Bertz CT molecular complexity index is 784. The number of aromatic amines is 1. The Hall–Kier alpha value is -2.58. The molecule has 2 heterocycles. The van der Waals surface area contributed by atoms with E-state index >= 15 is 0 Å². The first-order valence-corrected chi connectivity index (χ1v) is 6.52. The lowest BCUT2D eigenvalue weighted by atomic mass is 10.3. The summed E-state index contributed by atoms with van der Waals surface area (Å²) in [6.45, 7) is 1.35. The molecule has 1 fully saturated rings. The molecule has 1 aliphatic carbocycles. The number of halogens is 2. The summed E-state index contributed by atoms with van der Waals surface area (Å²) in [4.78, 5) is 23.4. The van der Waals surface area contributed by atoms with Crippen LogP contribution in [0.3, 0.4) is 0 Å². The topological polar surface area (TPSA) is 89.9 Å². The predicted octanol–water partition coefficient (Wildman–Crippen LogP) is 1.21. The van der Waals surface area contributed by atoms with Gasteiger partial charge < -0.3 is 4.74 Å². The van der Waals surface area contributed by atoms with E-state index < -0.39 is 17.9 Å². The summed E-state index contributed by atoms with van der Waals surface area (Å²) in [5.74, 6) is -3.57. The van der Waals surface area contributed by atoms with Crippen LogP contribution in [0.5, 0.6) is 0 Å². The molecule has 9 heteroatoms. The number of nitrogens with zero attached hydrogens (tertiary/aromatic N) is 3. The molecular weight excluding hydrogens is 298 g/mol. The van der Waals surface area contributed by atoms with E-state index in [2.05, 4.69) is 15.3 Å². The number of ether oxygens (including phenoxy) is 1. The molecule has 3 rings (SSSR count). The lowest BCUT2D eigenvalue weighted by Crippen LogP contribution is -2.16. The molecule has 0 aromatic carbocycles. The molecule has 0 amide bonds. The van der Waals surface area contributed by atoms with E-state index in [0.717, 1.165) is 4.68 Å². The fourth-order valence-electron chi connectivity index (χ4n) is 1.94. The van der Waals surface area contributed by atoms with Crippen molar-refractivity contribution >= 4 is 5.97 Å². The lowest BCUT2D eigenvalue weighted by molar-refractivity contribution is 0.0455. The number of aromatic nitrogens is 4. The van der Waals surface area contributed by atoms with Gasteiger partial charge in [-0.15, -0.1) is 0 Å². The van der Waals surface area contributed by atoms with E-state index in [1.807, 2.05) is 0 Å². The average molecular weight is 310 g/mol. The maximum Gasteiger partial charge on any atom is 0.359 e. The average Bonchev–Trinajstić information content (AvgIpc) is 2.88. The number of alkyl halides is 2. The maximum atomic E-state index is 12.9. The second-order valence-corrected chi connectivity index (χ2v) is 5.10. The van der Waals surface area contributed by atoms with Gasteiger partial charge in [0.2, 0.25) is 5.43 Å². The first-order chi connectivity index (χ1) is 10.4. The number of hydrogen-bond acceptors (Lipinski definition) is 5. The Balaban J connectivity index is 1.64. The summed E-state index contributed by atoms with van der Waals surface area (Å²) in [5.41, 5.74) is 0.190. The predicted molar refractivity (Wildman–Crippen MR) is 69.5 cm³/mol. The lowest BCUT2D eigenvalue weighted by Gasteiger charge is -2.02. The van der Waals surface area contributed by atoms with Gasteiger partial charge in [-0.25, -0.2) is 13.6 Å². The highest BCUT2D eigenvalue weighted by atomic mass is 19.3. The Kier molecular flexibility index (Phi) is 3.27. The molecule has 0 bridgehead atoms. The minimum absolute atomic E-state index is 0.0482. The minimum Gasteiger partial charge on any atom is -0.454 e. The summed E-state index contributed by atoms with van der Waals surface area (Å²) >= 11 is 0. The molecule has 0 saturated heterocycles. The third kappa shape index (κ3) is 2.74. The van der Waals surface area contributed by atoms with Gasteiger partial charge in [-0.2, -0.15) is 10.2 Å². The van der Waals surface area contributed by atoms with E-state index in [1.165, 1.54) is 18.3 Å². The van der Waals surface area contributed by atoms with Crippen molar-refractivity contribution in [1.29, 1.82) is 0 Å². The van der Waals surface area contributed by atoms with Gasteiger partial charge in [-0.05, 0) is 13.0 Å². The largest absolute Gasteiger partial charge is 0.454 e. The summed E-state index contributed by atoms with van der Waals surface area (Å²) in [5, 5.41) is 10.1. The molecule has 1 N–H and O–H groups in total. The molecule has 0 aliphatic heterocycles. The van der Waals surface area contributed by atoms with Crippen LogP contribution in [0.25, 0.3) is 0 Å². The Morgan fingerprint density at radius 2 is 2.32 bits per heavy atom. The molecule has 22 heavy (non-hydrogen) atoms. The number of carbonyl (C=O) groups excluding carboxylic acids is 1. The molecular formula is C13H12F2N4O3. The molecule has 7 nitrogen and oxygen atoms in total. The van der Waals surface area contributed by atoms with E-state index in [4.69, 9.17) is 4.74 Å². The Morgan fingerprint density at radius 3 is 2.95 bits per heavy atom. The Morgan fingerprint density at radius 1 is 1.59 bits per heavy atom. The normalized spacial score (nSPS) is 19.0. The zero-order valence-electron chi connectivity index (χ0n) is 11.5. The van der Waals surface area contributed by atoms with Gasteiger partial charge in [0, 0.05) is 24.4 Å². The highest BCUT2D eigenvalue weighted by Crippen LogP contribution is 2.52. The van der Waals surface area contributed by atoms with E-state index in [1.54, 1.807) is 6.92 Å². The number of nitrogens with one attached hydrogen (secondary N) is 1. The zero-order valence-corrected chi connectivity index (χ0v) is 11.5. The molecule has 2 aromatic rings. The summed E-state index contributed by atoms with van der Waals surface area (Å²) in [7, 11) is 0. The highest BCUT2D eigenvalue weighted by molar-refractivity contribution is 5.87. The van der Waals surface area contributed by atoms with Crippen LogP contribution in [-0.4, -0.2) is 31.9 Å². The van der Waals surface area contributed by atoms with Gasteiger partial charge in [0.15, 0.2) is 5.69 Å². The van der Waals surface area contributed by atoms with Crippen molar-refractivity contribution in [3.8, 4) is 0 Å². The quantitative estimate of drug-likeness (QED) is 0.857. The number of hydrogen-bond donors (Lipinski definition) is 1. The number of aryl methyl sites for hydroxylation is 1. The van der Waals surface area contributed by atoms with E-state index in [0.29, 0.717) is 5.69 Å². The number of H-pyrrole nitrogens is 1. The van der Waals surface area contributed by atoms with E-state index in [-0.39, 0.29) is 29.8 Å². The van der Waals surface area contributed by atoms with Crippen LogP contribution in [0.2, 0.25) is 0 Å². The van der Waals surface area contributed by atoms with Crippen LogP contribution >= 0.6 is 0 Å². The van der Waals surface area contributed by atoms with Gasteiger partial charge in [0.05, 0.1) is 0 Å². The molecule has 1 unspecified atom stereocenters. The van der Waals surface area contributed by atoms with Crippen molar-refractivity contribution in [2.45, 2.75) is 31.9 Å². The molecule has 1 saturated carbocycles. The van der Waals surface area contributed by atoms with Gasteiger partial charge in [-0.3, -0.25) is 14.6 Å². The zero-order chi connectivity index (χ0) is 15.9. The van der Waals surface area contributed by atoms with Crippen molar-refractivity contribution < 1.29 is 18.3 Å². The second-order valence-electron chi connectivity index (χ2n) is 5.10. The van der Waals surface area contributed by atoms with Crippen LogP contribution in [0.15, 0.2) is 23.1 Å². The first kappa shape index (κ1) is 14.4. The summed E-state index contributed by atoms with van der Waals surface area (Å²) < 4.78 is 31.8. The van der Waals surface area contributed by atoms with Crippen molar-refractivity contribution in [3.63, 3.8) is 0 Å². The standard InChI is InChI=1S/C13H12F2N4O3/c1-7-4-10(20)9(17-16-7)6-22-12(21)8-2-3-19(18-8)11-5-13(11,14)15/h2-4,11H,5-6H2,1H3,(H,16,20). The third-order valence-corrected chi connectivity index (χ3v) is 3.27. The van der Waals surface area contributed by atoms with Gasteiger partial charge in [-0.1, -0.05) is 0 Å². The fraction of sp³-hybridized carbons (Fsp3) is 0.385. The molecule has 1 aliphatic rings.